The fourth-order valence-corrected chi connectivity index (χ4v) is 2.50. The second-order valence-corrected chi connectivity index (χ2v) is 6.22. The van der Waals surface area contributed by atoms with Crippen LogP contribution in [0.5, 0.6) is 5.75 Å². The number of nitrogens with one attached hydrogen (secondary N) is 2. The van der Waals surface area contributed by atoms with Gasteiger partial charge < -0.3 is 25.4 Å². The number of aliphatic hydroxyl groups is 1. The van der Waals surface area contributed by atoms with Crippen molar-refractivity contribution in [2.75, 3.05) is 33.8 Å². The minimum absolute atomic E-state index is 0.0643. The number of aliphatic hydroxyl groups excluding tert-OH is 1. The zero-order valence-corrected chi connectivity index (χ0v) is 13.9. The van der Waals surface area contributed by atoms with E-state index in [-0.39, 0.29) is 11.9 Å². The molecular formula is C17H27N3O3. The highest BCUT2D eigenvalue weighted by Gasteiger charge is 2.27. The molecule has 1 aromatic rings. The summed E-state index contributed by atoms with van der Waals surface area (Å²) in [6, 6.07) is 7.48. The van der Waals surface area contributed by atoms with Gasteiger partial charge in [0.1, 0.15) is 5.75 Å². The van der Waals surface area contributed by atoms with Crippen LogP contribution in [0.1, 0.15) is 18.4 Å². The quantitative estimate of drug-likeness (QED) is 0.603. The molecule has 1 heterocycles. The summed E-state index contributed by atoms with van der Waals surface area (Å²) in [4.78, 5) is 14.1. The van der Waals surface area contributed by atoms with Crippen LogP contribution in [-0.4, -0.2) is 61.9 Å². The summed E-state index contributed by atoms with van der Waals surface area (Å²) in [6.45, 7) is 2.67. The van der Waals surface area contributed by atoms with Crippen LogP contribution in [0.2, 0.25) is 0 Å². The summed E-state index contributed by atoms with van der Waals surface area (Å²) < 4.78 is 5.68. The molecule has 0 spiro atoms. The molecular weight excluding hydrogens is 294 g/mol. The summed E-state index contributed by atoms with van der Waals surface area (Å²) in [7, 11) is 4.09. The van der Waals surface area contributed by atoms with Gasteiger partial charge in [-0.25, -0.2) is 0 Å². The molecule has 0 aromatic heterocycles. The highest BCUT2D eigenvalue weighted by atomic mass is 16.5. The van der Waals surface area contributed by atoms with Crippen molar-refractivity contribution in [1.29, 1.82) is 0 Å². The van der Waals surface area contributed by atoms with E-state index < -0.39 is 6.10 Å². The third kappa shape index (κ3) is 6.17. The second kappa shape index (κ2) is 8.86. The lowest BCUT2D eigenvalue weighted by Gasteiger charge is -2.12. The fourth-order valence-electron chi connectivity index (χ4n) is 2.50. The summed E-state index contributed by atoms with van der Waals surface area (Å²) in [5, 5.41) is 15.3. The Balaban J connectivity index is 1.69. The molecule has 0 radical (unpaired) electrons. The maximum Gasteiger partial charge on any atom is 0.237 e. The first-order valence-corrected chi connectivity index (χ1v) is 8.10. The molecule has 128 valence electrons. The summed E-state index contributed by atoms with van der Waals surface area (Å²) in [5.74, 6) is 0.782. The van der Waals surface area contributed by atoms with E-state index in [1.54, 1.807) is 0 Å². The lowest BCUT2D eigenvalue weighted by molar-refractivity contribution is -0.123. The number of carbonyl (C=O) groups is 1. The largest absolute Gasteiger partial charge is 0.494 e. The minimum atomic E-state index is -0.422. The van der Waals surface area contributed by atoms with Gasteiger partial charge in [0.25, 0.3) is 0 Å². The average Bonchev–Trinajstić information content (AvgIpc) is 2.97. The van der Waals surface area contributed by atoms with Crippen molar-refractivity contribution >= 4 is 5.91 Å². The smallest absolute Gasteiger partial charge is 0.237 e. The lowest BCUT2D eigenvalue weighted by atomic mass is 10.1. The van der Waals surface area contributed by atoms with Crippen molar-refractivity contribution in [1.82, 2.24) is 15.5 Å². The van der Waals surface area contributed by atoms with E-state index in [1.807, 2.05) is 38.4 Å². The zero-order chi connectivity index (χ0) is 16.7. The Hall–Kier alpha value is -1.63. The molecule has 0 saturated carbocycles. The van der Waals surface area contributed by atoms with Crippen LogP contribution in [-0.2, 0) is 11.3 Å². The van der Waals surface area contributed by atoms with E-state index in [9.17, 15) is 9.90 Å². The van der Waals surface area contributed by atoms with E-state index in [4.69, 9.17) is 4.74 Å². The molecule has 1 amide bonds. The minimum Gasteiger partial charge on any atom is -0.494 e. The van der Waals surface area contributed by atoms with Gasteiger partial charge in [-0.15, -0.1) is 0 Å². The SMILES string of the molecule is CN(C)CCCOc1ccc(CNC(=O)C2CC(O)CN2)cc1. The summed E-state index contributed by atoms with van der Waals surface area (Å²) in [6.07, 6.45) is 1.05. The molecule has 6 heteroatoms. The Morgan fingerprint density at radius 2 is 2.13 bits per heavy atom. The molecule has 0 aliphatic carbocycles. The monoisotopic (exact) mass is 321 g/mol. The van der Waals surface area contributed by atoms with Gasteiger partial charge in [0, 0.05) is 19.6 Å². The lowest BCUT2D eigenvalue weighted by Crippen LogP contribution is -2.39. The second-order valence-electron chi connectivity index (χ2n) is 6.22. The number of hydrogen-bond donors (Lipinski definition) is 3. The van der Waals surface area contributed by atoms with Crippen molar-refractivity contribution in [3.63, 3.8) is 0 Å². The van der Waals surface area contributed by atoms with Crippen LogP contribution in [0, 0.1) is 0 Å². The van der Waals surface area contributed by atoms with Crippen molar-refractivity contribution in [2.45, 2.75) is 31.5 Å². The highest BCUT2D eigenvalue weighted by molar-refractivity contribution is 5.82. The van der Waals surface area contributed by atoms with Crippen LogP contribution in [0.3, 0.4) is 0 Å². The molecule has 1 aromatic carbocycles. The van der Waals surface area contributed by atoms with Crippen LogP contribution in [0.4, 0.5) is 0 Å². The first-order valence-electron chi connectivity index (χ1n) is 8.10. The van der Waals surface area contributed by atoms with Gasteiger partial charge in [0.2, 0.25) is 5.91 Å². The molecule has 1 aliphatic rings. The number of β-amino-alcohol motifs (C(OH)–C–C–N with tert-alkyl or cyclic N) is 1. The van der Waals surface area contributed by atoms with Gasteiger partial charge in [-0.05, 0) is 44.6 Å². The van der Waals surface area contributed by atoms with Crippen LogP contribution in [0.15, 0.2) is 24.3 Å². The van der Waals surface area contributed by atoms with Crippen LogP contribution >= 0.6 is 0 Å². The Labute approximate surface area is 137 Å². The predicted octanol–water partition coefficient (Wildman–Crippen LogP) is 0.356. The predicted molar refractivity (Wildman–Crippen MR) is 89.4 cm³/mol. The molecule has 2 atom stereocenters. The molecule has 1 saturated heterocycles. The van der Waals surface area contributed by atoms with Crippen LogP contribution < -0.4 is 15.4 Å². The van der Waals surface area contributed by atoms with Crippen molar-refractivity contribution in [2.24, 2.45) is 0 Å². The zero-order valence-electron chi connectivity index (χ0n) is 13.9. The standard InChI is InChI=1S/C17H27N3O3/c1-20(2)8-3-9-23-15-6-4-13(5-7-15)11-19-17(22)16-10-14(21)12-18-16/h4-7,14,16,18,21H,3,8-12H2,1-2H3,(H,19,22). The molecule has 3 N–H and O–H groups in total. The number of nitrogens with zero attached hydrogens (tertiary/aromatic N) is 1. The summed E-state index contributed by atoms with van der Waals surface area (Å²) >= 11 is 0. The van der Waals surface area contributed by atoms with Crippen molar-refractivity contribution in [3.8, 4) is 5.75 Å². The number of amides is 1. The molecule has 1 fully saturated rings. The number of ether oxygens (including phenoxy) is 1. The van der Waals surface area contributed by atoms with E-state index in [0.717, 1.165) is 24.3 Å². The Bertz CT molecular complexity index is 490. The number of rotatable bonds is 8. The first-order chi connectivity index (χ1) is 11.0. The average molecular weight is 321 g/mol. The summed E-state index contributed by atoms with van der Waals surface area (Å²) in [5.41, 5.74) is 1.03. The van der Waals surface area contributed by atoms with E-state index in [0.29, 0.717) is 26.1 Å². The van der Waals surface area contributed by atoms with E-state index >= 15 is 0 Å². The van der Waals surface area contributed by atoms with Crippen molar-refractivity contribution in [3.05, 3.63) is 29.8 Å². The topological polar surface area (TPSA) is 73.8 Å². The fraction of sp³-hybridized carbons (Fsp3) is 0.588. The van der Waals surface area contributed by atoms with Gasteiger partial charge >= 0.3 is 0 Å². The molecule has 1 aliphatic heterocycles. The third-order valence-corrected chi connectivity index (χ3v) is 3.83. The Morgan fingerprint density at radius 3 is 2.74 bits per heavy atom. The van der Waals surface area contributed by atoms with Crippen molar-refractivity contribution < 1.29 is 14.6 Å². The Morgan fingerprint density at radius 1 is 1.39 bits per heavy atom. The highest BCUT2D eigenvalue weighted by Crippen LogP contribution is 2.13. The molecule has 2 rings (SSSR count). The van der Waals surface area contributed by atoms with Gasteiger partial charge in [-0.1, -0.05) is 12.1 Å². The maximum atomic E-state index is 11.9. The van der Waals surface area contributed by atoms with E-state index in [2.05, 4.69) is 15.5 Å². The number of hydrogen-bond acceptors (Lipinski definition) is 5. The number of benzene rings is 1. The van der Waals surface area contributed by atoms with Gasteiger partial charge in [0.15, 0.2) is 0 Å². The molecule has 2 unspecified atom stereocenters. The molecule has 0 bridgehead atoms. The van der Waals surface area contributed by atoms with Gasteiger partial charge in [-0.3, -0.25) is 4.79 Å². The Kier molecular flexibility index (Phi) is 6.83. The molecule has 6 nitrogen and oxygen atoms in total. The first kappa shape index (κ1) is 17.7. The third-order valence-electron chi connectivity index (χ3n) is 3.83. The van der Waals surface area contributed by atoms with Crippen LogP contribution in [0.25, 0.3) is 0 Å². The van der Waals surface area contributed by atoms with Gasteiger partial charge in [0.05, 0.1) is 18.8 Å². The normalized spacial score (nSPS) is 20.7. The molecule has 23 heavy (non-hydrogen) atoms. The maximum absolute atomic E-state index is 11.9. The number of carbonyl (C=O) groups excluding carboxylic acids is 1. The van der Waals surface area contributed by atoms with Gasteiger partial charge in [-0.2, -0.15) is 0 Å². The van der Waals surface area contributed by atoms with E-state index in [1.165, 1.54) is 0 Å².